The number of amides is 1. The van der Waals surface area contributed by atoms with E-state index in [1.54, 1.807) is 6.92 Å². The van der Waals surface area contributed by atoms with Gasteiger partial charge in [0.2, 0.25) is 10.0 Å². The van der Waals surface area contributed by atoms with Crippen molar-refractivity contribution in [2.75, 3.05) is 19.0 Å². The maximum absolute atomic E-state index is 12.9. The van der Waals surface area contributed by atoms with Gasteiger partial charge in [0, 0.05) is 21.9 Å². The topological polar surface area (TPSA) is 84.5 Å². The van der Waals surface area contributed by atoms with E-state index in [1.807, 2.05) is 54.6 Å². The van der Waals surface area contributed by atoms with Crippen molar-refractivity contribution in [1.29, 1.82) is 0 Å². The van der Waals surface area contributed by atoms with Crippen LogP contribution in [0.2, 0.25) is 0 Å². The Balaban J connectivity index is 1.88. The molecule has 3 rings (SSSR count). The van der Waals surface area contributed by atoms with Gasteiger partial charge in [-0.05, 0) is 42.5 Å². The molecule has 8 heteroatoms. The standard InChI is InChI=1S/C22H22N2O4S2/c1-3-23-30(26,27)21-15-16(13-14-19(21)28-2)22(25)24-18-11-7-8-12-20(18)29-17-9-5-4-6-10-17/h4-15,23H,3H2,1-2H3,(H,24,25). The fourth-order valence-corrected chi connectivity index (χ4v) is 4.92. The number of benzene rings is 3. The summed E-state index contributed by atoms with van der Waals surface area (Å²) >= 11 is 1.53. The second-order valence-electron chi connectivity index (χ2n) is 6.23. The number of carbonyl (C=O) groups excluding carboxylic acids is 1. The summed E-state index contributed by atoms with van der Waals surface area (Å²) in [5, 5.41) is 2.88. The van der Waals surface area contributed by atoms with Crippen LogP contribution in [0.1, 0.15) is 17.3 Å². The van der Waals surface area contributed by atoms with E-state index in [2.05, 4.69) is 10.0 Å². The van der Waals surface area contributed by atoms with E-state index in [0.29, 0.717) is 5.69 Å². The lowest BCUT2D eigenvalue weighted by Gasteiger charge is -2.13. The highest BCUT2D eigenvalue weighted by Crippen LogP contribution is 2.33. The highest BCUT2D eigenvalue weighted by molar-refractivity contribution is 7.99. The molecule has 2 N–H and O–H groups in total. The Kier molecular flexibility index (Phi) is 7.15. The maximum atomic E-state index is 12.9. The fourth-order valence-electron chi connectivity index (χ4n) is 2.76. The monoisotopic (exact) mass is 442 g/mol. The quantitative estimate of drug-likeness (QED) is 0.540. The summed E-state index contributed by atoms with van der Waals surface area (Å²) in [4.78, 5) is 14.7. The smallest absolute Gasteiger partial charge is 0.255 e. The Morgan fingerprint density at radius 1 is 1.00 bits per heavy atom. The predicted molar refractivity (Wildman–Crippen MR) is 119 cm³/mol. The van der Waals surface area contributed by atoms with Crippen LogP contribution >= 0.6 is 11.8 Å². The zero-order valence-corrected chi connectivity index (χ0v) is 18.2. The van der Waals surface area contributed by atoms with Crippen molar-refractivity contribution in [3.8, 4) is 5.75 Å². The molecule has 0 aliphatic carbocycles. The summed E-state index contributed by atoms with van der Waals surface area (Å²) in [5.74, 6) is -0.237. The number of anilines is 1. The third kappa shape index (κ3) is 5.21. The van der Waals surface area contributed by atoms with Crippen LogP contribution in [0, 0.1) is 0 Å². The SMILES string of the molecule is CCNS(=O)(=O)c1cc(C(=O)Nc2ccccc2Sc2ccccc2)ccc1OC. The van der Waals surface area contributed by atoms with Crippen molar-refractivity contribution >= 4 is 33.4 Å². The van der Waals surface area contributed by atoms with E-state index in [1.165, 1.54) is 37.1 Å². The van der Waals surface area contributed by atoms with Crippen molar-refractivity contribution in [3.63, 3.8) is 0 Å². The van der Waals surface area contributed by atoms with Crippen LogP contribution in [0.25, 0.3) is 0 Å². The van der Waals surface area contributed by atoms with Gasteiger partial charge < -0.3 is 10.1 Å². The summed E-state index contributed by atoms with van der Waals surface area (Å²) in [5.41, 5.74) is 0.857. The number of rotatable bonds is 8. The molecule has 0 spiro atoms. The summed E-state index contributed by atoms with van der Waals surface area (Å²) < 4.78 is 32.5. The Morgan fingerprint density at radius 3 is 2.40 bits per heavy atom. The molecule has 0 saturated carbocycles. The number of hydrogen-bond donors (Lipinski definition) is 2. The second-order valence-corrected chi connectivity index (χ2v) is 9.08. The number of para-hydroxylation sites is 1. The first kappa shape index (κ1) is 21.9. The van der Waals surface area contributed by atoms with Crippen molar-refractivity contribution < 1.29 is 17.9 Å². The summed E-state index contributed by atoms with van der Waals surface area (Å²) in [6, 6.07) is 21.6. The van der Waals surface area contributed by atoms with Gasteiger partial charge in [-0.2, -0.15) is 0 Å². The maximum Gasteiger partial charge on any atom is 0.255 e. The van der Waals surface area contributed by atoms with E-state index < -0.39 is 15.9 Å². The molecular formula is C22H22N2O4S2. The molecule has 0 saturated heterocycles. The molecule has 6 nitrogen and oxygen atoms in total. The van der Waals surface area contributed by atoms with E-state index in [-0.39, 0.29) is 22.8 Å². The van der Waals surface area contributed by atoms with Gasteiger partial charge in [0.05, 0.1) is 12.8 Å². The van der Waals surface area contributed by atoms with Crippen molar-refractivity contribution in [2.45, 2.75) is 21.6 Å². The number of nitrogens with one attached hydrogen (secondary N) is 2. The van der Waals surface area contributed by atoms with Crippen molar-refractivity contribution in [2.24, 2.45) is 0 Å². The second kappa shape index (κ2) is 9.80. The average molecular weight is 443 g/mol. The lowest BCUT2D eigenvalue weighted by molar-refractivity contribution is 0.102. The van der Waals surface area contributed by atoms with Crippen LogP contribution in [-0.4, -0.2) is 28.0 Å². The van der Waals surface area contributed by atoms with Gasteiger partial charge >= 0.3 is 0 Å². The molecule has 0 fully saturated rings. The molecule has 0 atom stereocenters. The van der Waals surface area contributed by atoms with Crippen LogP contribution < -0.4 is 14.8 Å². The number of methoxy groups -OCH3 is 1. The molecule has 1 amide bonds. The Morgan fingerprint density at radius 2 is 1.70 bits per heavy atom. The zero-order chi connectivity index (χ0) is 21.6. The summed E-state index contributed by atoms with van der Waals surface area (Å²) in [6.45, 7) is 1.91. The molecule has 0 aliphatic rings. The van der Waals surface area contributed by atoms with Gasteiger partial charge in [-0.25, -0.2) is 13.1 Å². The first-order chi connectivity index (χ1) is 14.4. The molecule has 0 radical (unpaired) electrons. The Hall–Kier alpha value is -2.81. The molecule has 0 aromatic heterocycles. The summed E-state index contributed by atoms with van der Waals surface area (Å²) in [6.07, 6.45) is 0. The van der Waals surface area contributed by atoms with Crippen molar-refractivity contribution in [3.05, 3.63) is 78.4 Å². The molecule has 0 bridgehead atoms. The first-order valence-corrected chi connectivity index (χ1v) is 11.6. The van der Waals surface area contributed by atoms with Gasteiger partial charge in [0.15, 0.2) is 0 Å². The van der Waals surface area contributed by atoms with E-state index >= 15 is 0 Å². The van der Waals surface area contributed by atoms with Gasteiger partial charge in [0.25, 0.3) is 5.91 Å². The molecule has 0 unspecified atom stereocenters. The van der Waals surface area contributed by atoms with Crippen LogP contribution in [0.4, 0.5) is 5.69 Å². The highest BCUT2D eigenvalue weighted by Gasteiger charge is 2.21. The minimum absolute atomic E-state index is 0.0774. The molecule has 3 aromatic rings. The first-order valence-electron chi connectivity index (χ1n) is 9.25. The minimum atomic E-state index is -3.79. The van der Waals surface area contributed by atoms with Crippen LogP contribution in [0.5, 0.6) is 5.75 Å². The lowest BCUT2D eigenvalue weighted by atomic mass is 10.2. The predicted octanol–water partition coefficient (Wildman–Crippen LogP) is 4.40. The van der Waals surface area contributed by atoms with Gasteiger partial charge in [-0.1, -0.05) is 49.0 Å². The van der Waals surface area contributed by atoms with Crippen molar-refractivity contribution in [1.82, 2.24) is 4.72 Å². The van der Waals surface area contributed by atoms with Gasteiger partial charge in [0.1, 0.15) is 10.6 Å². The highest BCUT2D eigenvalue weighted by atomic mass is 32.2. The number of ether oxygens (including phenoxy) is 1. The van der Waals surface area contributed by atoms with E-state index in [4.69, 9.17) is 4.74 Å². The van der Waals surface area contributed by atoms with Crippen LogP contribution in [0.3, 0.4) is 0 Å². The Labute approximate surface area is 180 Å². The van der Waals surface area contributed by atoms with Crippen LogP contribution in [0.15, 0.2) is 87.5 Å². The van der Waals surface area contributed by atoms with Crippen LogP contribution in [-0.2, 0) is 10.0 Å². The third-order valence-electron chi connectivity index (χ3n) is 4.16. The normalized spacial score (nSPS) is 11.1. The number of carbonyl (C=O) groups is 1. The minimum Gasteiger partial charge on any atom is -0.495 e. The fraction of sp³-hybridized carbons (Fsp3) is 0.136. The molecule has 0 heterocycles. The molecule has 0 aliphatic heterocycles. The number of sulfonamides is 1. The third-order valence-corrected chi connectivity index (χ3v) is 6.81. The van der Waals surface area contributed by atoms with E-state index in [0.717, 1.165) is 9.79 Å². The lowest BCUT2D eigenvalue weighted by Crippen LogP contribution is -2.24. The van der Waals surface area contributed by atoms with Gasteiger partial charge in [-0.3, -0.25) is 4.79 Å². The zero-order valence-electron chi connectivity index (χ0n) is 16.6. The van der Waals surface area contributed by atoms with Gasteiger partial charge in [-0.15, -0.1) is 0 Å². The van der Waals surface area contributed by atoms with E-state index in [9.17, 15) is 13.2 Å². The molecular weight excluding hydrogens is 420 g/mol. The number of hydrogen-bond acceptors (Lipinski definition) is 5. The Bertz CT molecular complexity index is 1130. The molecule has 3 aromatic carbocycles. The summed E-state index contributed by atoms with van der Waals surface area (Å²) in [7, 11) is -2.40. The largest absolute Gasteiger partial charge is 0.495 e. The molecule has 30 heavy (non-hydrogen) atoms. The average Bonchev–Trinajstić information content (AvgIpc) is 2.75. The molecule has 156 valence electrons.